The maximum Gasteiger partial charge on any atom is 0.173 e. The molecule has 0 heterocycles. The molecule has 0 saturated carbocycles. The highest BCUT2D eigenvalue weighted by Crippen LogP contribution is 2.24. The lowest BCUT2D eigenvalue weighted by molar-refractivity contribution is 0.00000142. The van der Waals surface area contributed by atoms with E-state index in [4.69, 9.17) is 13.6 Å². The molecule has 41 heavy (non-hydrogen) atoms. The Morgan fingerprint density at radius 1 is 0.512 bits per heavy atom. The minimum absolute atomic E-state index is 0.215. The molecule has 0 radical (unpaired) electrons. The number of rotatable bonds is 26. The highest BCUT2D eigenvalue weighted by molar-refractivity contribution is 6.84. The van der Waals surface area contributed by atoms with Crippen LogP contribution < -0.4 is 0 Å². The quantitative estimate of drug-likeness (QED) is 0.0602. The Kier molecular flexibility index (Phi) is 21.7. The molecule has 0 spiro atoms. The van der Waals surface area contributed by atoms with Crippen molar-refractivity contribution in [1.29, 1.82) is 0 Å². The van der Waals surface area contributed by atoms with Crippen molar-refractivity contribution in [3.05, 3.63) is 0 Å². The van der Waals surface area contributed by atoms with Crippen molar-refractivity contribution in [2.75, 3.05) is 65.7 Å². The van der Waals surface area contributed by atoms with Crippen LogP contribution in [0.5, 0.6) is 0 Å². The molecule has 0 aliphatic carbocycles. The summed E-state index contributed by atoms with van der Waals surface area (Å²) in [6, 6.07) is 1.93. The van der Waals surface area contributed by atoms with Crippen molar-refractivity contribution >= 4 is 16.6 Å². The highest BCUT2D eigenvalue weighted by atomic mass is 28.4. The Bertz CT molecular complexity index is 572. The second-order valence-corrected chi connectivity index (χ2v) is 22.0. The Hall–Kier alpha value is -0.00623. The molecular weight excluding hydrogens is 564 g/mol. The van der Waals surface area contributed by atoms with Crippen molar-refractivity contribution in [2.24, 2.45) is 0 Å². The molecule has 0 aromatic rings. The van der Waals surface area contributed by atoms with E-state index < -0.39 is 53.3 Å². The molecule has 6 unspecified atom stereocenters. The van der Waals surface area contributed by atoms with Gasteiger partial charge in [0.25, 0.3) is 0 Å². The fourth-order valence-corrected chi connectivity index (χ4v) is 13.9. The van der Waals surface area contributed by atoms with Crippen LogP contribution in [0.4, 0.5) is 0 Å². The first kappa shape index (κ1) is 41.0. The molecule has 0 aromatic carbocycles. The summed E-state index contributed by atoms with van der Waals surface area (Å²) in [6.45, 7) is 19.5. The zero-order valence-corrected chi connectivity index (χ0v) is 29.2. The number of aliphatic hydroxyl groups excluding tert-OH is 6. The topological polar surface area (TPSA) is 156 Å². The van der Waals surface area contributed by atoms with Gasteiger partial charge in [-0.05, 0) is 78.8 Å². The lowest BCUT2D eigenvalue weighted by atomic mass is 10.2. The van der Waals surface area contributed by atoms with E-state index in [1.807, 2.05) is 9.80 Å². The molecule has 0 fully saturated rings. The van der Waals surface area contributed by atoms with Crippen LogP contribution >= 0.6 is 0 Å². The van der Waals surface area contributed by atoms with Crippen LogP contribution in [0, 0.1) is 0 Å². The molecule has 13 heteroatoms. The SMILES string of the molecule is CC(O)CN(CC(C)O)CC(O)COCCC[Si](C)(C)O[Si](C)(C)CCCOCC(O)CN(CC(C)O)CC(C)O. The van der Waals surface area contributed by atoms with E-state index in [9.17, 15) is 30.6 Å². The molecule has 248 valence electrons. The monoisotopic (exact) mass is 628 g/mol. The summed E-state index contributed by atoms with van der Waals surface area (Å²) < 4.78 is 18.1. The fraction of sp³-hybridized carbons (Fsp3) is 1.00. The van der Waals surface area contributed by atoms with Crippen molar-refractivity contribution in [2.45, 2.75) is 115 Å². The summed E-state index contributed by atoms with van der Waals surface area (Å²) in [5.74, 6) is 0. The third-order valence-corrected chi connectivity index (χ3v) is 13.9. The van der Waals surface area contributed by atoms with E-state index in [1.54, 1.807) is 27.7 Å². The lowest BCUT2D eigenvalue weighted by Gasteiger charge is -2.34. The predicted molar refractivity (Wildman–Crippen MR) is 168 cm³/mol. The predicted octanol–water partition coefficient (Wildman–Crippen LogP) is 1.08. The van der Waals surface area contributed by atoms with Crippen LogP contribution in [0.25, 0.3) is 0 Å². The van der Waals surface area contributed by atoms with Gasteiger partial charge in [0.15, 0.2) is 16.6 Å². The fourth-order valence-electron chi connectivity index (χ4n) is 5.13. The van der Waals surface area contributed by atoms with E-state index in [2.05, 4.69) is 26.2 Å². The molecular formula is C28H64N2O9Si2. The first-order valence-corrected chi connectivity index (χ1v) is 21.5. The van der Waals surface area contributed by atoms with Gasteiger partial charge in [0.1, 0.15) is 0 Å². The molecule has 6 N–H and O–H groups in total. The van der Waals surface area contributed by atoms with Gasteiger partial charge < -0.3 is 44.2 Å². The van der Waals surface area contributed by atoms with Crippen LogP contribution in [0.1, 0.15) is 40.5 Å². The lowest BCUT2D eigenvalue weighted by Crippen LogP contribution is -2.44. The van der Waals surface area contributed by atoms with Crippen molar-refractivity contribution in [3.8, 4) is 0 Å². The Morgan fingerprint density at radius 2 is 0.805 bits per heavy atom. The largest absolute Gasteiger partial charge is 0.455 e. The van der Waals surface area contributed by atoms with Crippen molar-refractivity contribution in [1.82, 2.24) is 9.80 Å². The Balaban J connectivity index is 4.25. The molecule has 0 aromatic heterocycles. The zero-order chi connectivity index (χ0) is 31.6. The molecule has 0 saturated heterocycles. The van der Waals surface area contributed by atoms with Gasteiger partial charge in [-0.3, -0.25) is 9.80 Å². The Morgan fingerprint density at radius 3 is 1.07 bits per heavy atom. The standard InChI is InChI=1S/C28H64N2O9Si2/c1-23(31)15-29(16-24(2)32)19-27(35)21-37-11-9-13-40(5,6)39-41(7,8)14-10-12-38-22-28(36)20-30(17-25(3)33)18-26(4)34/h23-28,31-36H,9-22H2,1-8H3. The molecule has 0 aliphatic rings. The highest BCUT2D eigenvalue weighted by Gasteiger charge is 2.32. The Labute approximate surface area is 251 Å². The molecule has 0 aliphatic heterocycles. The van der Waals surface area contributed by atoms with Gasteiger partial charge in [0, 0.05) is 52.5 Å². The average Bonchev–Trinajstić information content (AvgIpc) is 2.75. The van der Waals surface area contributed by atoms with Gasteiger partial charge in [0.05, 0.1) is 49.8 Å². The van der Waals surface area contributed by atoms with E-state index in [-0.39, 0.29) is 13.2 Å². The van der Waals surface area contributed by atoms with Gasteiger partial charge >= 0.3 is 0 Å². The normalized spacial score (nSPS) is 17.6. The minimum atomic E-state index is -1.88. The first-order chi connectivity index (χ1) is 18.9. The maximum absolute atomic E-state index is 10.3. The summed E-state index contributed by atoms with van der Waals surface area (Å²) in [6.07, 6.45) is -1.78. The van der Waals surface area contributed by atoms with Gasteiger partial charge in [-0.25, -0.2) is 0 Å². The molecule has 0 rings (SSSR count). The summed E-state index contributed by atoms with van der Waals surface area (Å²) in [5, 5.41) is 59.2. The van der Waals surface area contributed by atoms with Gasteiger partial charge in [-0.1, -0.05) is 0 Å². The van der Waals surface area contributed by atoms with Gasteiger partial charge in [-0.2, -0.15) is 0 Å². The maximum atomic E-state index is 10.3. The van der Waals surface area contributed by atoms with E-state index >= 15 is 0 Å². The van der Waals surface area contributed by atoms with E-state index in [0.717, 1.165) is 24.9 Å². The van der Waals surface area contributed by atoms with Crippen molar-refractivity contribution < 1.29 is 44.2 Å². The molecule has 6 atom stereocenters. The third kappa shape index (κ3) is 25.1. The second-order valence-electron chi connectivity index (χ2n) is 13.1. The molecule has 0 bridgehead atoms. The van der Waals surface area contributed by atoms with Gasteiger partial charge in [0.2, 0.25) is 0 Å². The minimum Gasteiger partial charge on any atom is -0.455 e. The van der Waals surface area contributed by atoms with Crippen molar-refractivity contribution in [3.63, 3.8) is 0 Å². The molecule has 11 nitrogen and oxygen atoms in total. The van der Waals surface area contributed by atoms with Crippen LogP contribution in [0.15, 0.2) is 0 Å². The van der Waals surface area contributed by atoms with Crippen LogP contribution in [0.2, 0.25) is 38.3 Å². The van der Waals surface area contributed by atoms with Crippen LogP contribution in [-0.2, 0) is 13.6 Å². The first-order valence-electron chi connectivity index (χ1n) is 15.3. The number of aliphatic hydroxyl groups is 6. The van der Waals surface area contributed by atoms with E-state index in [1.165, 1.54) is 0 Å². The average molecular weight is 629 g/mol. The summed E-state index contributed by atoms with van der Waals surface area (Å²) >= 11 is 0. The smallest absolute Gasteiger partial charge is 0.173 e. The number of hydrogen-bond donors (Lipinski definition) is 6. The zero-order valence-electron chi connectivity index (χ0n) is 27.2. The third-order valence-electron chi connectivity index (χ3n) is 6.34. The number of ether oxygens (including phenoxy) is 2. The number of hydrogen-bond acceptors (Lipinski definition) is 11. The molecule has 0 amide bonds. The summed E-state index contributed by atoms with van der Waals surface area (Å²) in [4.78, 5) is 3.69. The number of nitrogens with zero attached hydrogens (tertiary/aromatic N) is 2. The summed E-state index contributed by atoms with van der Waals surface area (Å²) in [5.41, 5.74) is 0. The van der Waals surface area contributed by atoms with Crippen LogP contribution in [-0.4, -0.2) is 159 Å². The van der Waals surface area contributed by atoms with E-state index in [0.29, 0.717) is 52.5 Å². The second kappa shape index (κ2) is 21.7. The van der Waals surface area contributed by atoms with Gasteiger partial charge in [-0.15, -0.1) is 0 Å². The summed E-state index contributed by atoms with van der Waals surface area (Å²) in [7, 11) is -3.77. The van der Waals surface area contributed by atoms with Crippen LogP contribution in [0.3, 0.4) is 0 Å².